The van der Waals surface area contributed by atoms with E-state index in [1.807, 2.05) is 0 Å². The molecule has 0 amide bonds. The number of carbonyl (C=O) groups is 1. The molecule has 0 aliphatic heterocycles. The highest BCUT2D eigenvalue weighted by atomic mass is 19.3. The monoisotopic (exact) mass is 218 g/mol. The highest BCUT2D eigenvalue weighted by Gasteiger charge is 2.15. The van der Waals surface area contributed by atoms with E-state index in [2.05, 4.69) is 4.74 Å². The molecule has 0 aliphatic rings. The summed E-state index contributed by atoms with van der Waals surface area (Å²) in [5.41, 5.74) is -0.790. The first-order valence-electron chi connectivity index (χ1n) is 4.31. The number of ether oxygens (including phenoxy) is 1. The van der Waals surface area contributed by atoms with Crippen LogP contribution in [0.15, 0.2) is 18.2 Å². The molecule has 0 fully saturated rings. The maximum absolute atomic E-state index is 13.0. The minimum absolute atomic E-state index is 0.0706. The highest BCUT2D eigenvalue weighted by Crippen LogP contribution is 2.22. The molecule has 82 valence electrons. The molecular formula is C10H9F3O2. The fourth-order valence-electron chi connectivity index (χ4n) is 1.05. The number of hydrogen-bond donors (Lipinski definition) is 0. The molecular weight excluding hydrogens is 209 g/mol. The number of benzene rings is 1. The lowest BCUT2D eigenvalue weighted by Crippen LogP contribution is -2.05. The second kappa shape index (κ2) is 4.82. The lowest BCUT2D eigenvalue weighted by atomic mass is 10.1. The van der Waals surface area contributed by atoms with Gasteiger partial charge in [-0.25, -0.2) is 18.0 Å². The van der Waals surface area contributed by atoms with Crippen molar-refractivity contribution in [2.75, 3.05) is 6.61 Å². The Morgan fingerprint density at radius 1 is 1.47 bits per heavy atom. The van der Waals surface area contributed by atoms with Gasteiger partial charge in [-0.3, -0.25) is 0 Å². The quantitative estimate of drug-likeness (QED) is 0.729. The third-order valence-corrected chi connectivity index (χ3v) is 1.75. The normalized spacial score (nSPS) is 10.5. The maximum Gasteiger partial charge on any atom is 0.338 e. The van der Waals surface area contributed by atoms with Gasteiger partial charge in [0.2, 0.25) is 0 Å². The molecule has 2 nitrogen and oxygen atoms in total. The Morgan fingerprint density at radius 2 is 2.13 bits per heavy atom. The van der Waals surface area contributed by atoms with Crippen LogP contribution in [-0.2, 0) is 4.74 Å². The summed E-state index contributed by atoms with van der Waals surface area (Å²) in [6.07, 6.45) is -2.89. The van der Waals surface area contributed by atoms with Crippen molar-refractivity contribution in [3.63, 3.8) is 0 Å². The highest BCUT2D eigenvalue weighted by molar-refractivity contribution is 5.89. The first-order chi connectivity index (χ1) is 7.06. The first kappa shape index (κ1) is 11.6. The van der Waals surface area contributed by atoms with Gasteiger partial charge in [-0.2, -0.15) is 0 Å². The zero-order chi connectivity index (χ0) is 11.4. The molecule has 0 aromatic heterocycles. The average Bonchev–Trinajstić information content (AvgIpc) is 2.17. The number of esters is 1. The van der Waals surface area contributed by atoms with Crippen LogP contribution in [0.5, 0.6) is 0 Å². The van der Waals surface area contributed by atoms with E-state index in [0.717, 1.165) is 18.2 Å². The van der Waals surface area contributed by atoms with Gasteiger partial charge in [0, 0.05) is 0 Å². The minimum Gasteiger partial charge on any atom is -0.462 e. The van der Waals surface area contributed by atoms with Gasteiger partial charge in [-0.15, -0.1) is 0 Å². The number of halogens is 3. The zero-order valence-electron chi connectivity index (χ0n) is 7.97. The number of carbonyl (C=O) groups excluding carboxylic acids is 1. The molecule has 0 unspecified atom stereocenters. The number of rotatable bonds is 3. The molecule has 1 aromatic carbocycles. The average molecular weight is 218 g/mol. The summed E-state index contributed by atoms with van der Waals surface area (Å²) in [5, 5.41) is 0. The van der Waals surface area contributed by atoms with Crippen LogP contribution in [0.25, 0.3) is 0 Å². The van der Waals surface area contributed by atoms with Crippen molar-refractivity contribution in [2.45, 2.75) is 13.3 Å². The van der Waals surface area contributed by atoms with Crippen LogP contribution in [0.4, 0.5) is 13.2 Å². The molecule has 0 N–H and O–H groups in total. The Kier molecular flexibility index (Phi) is 3.71. The largest absolute Gasteiger partial charge is 0.462 e. The molecule has 0 radical (unpaired) electrons. The smallest absolute Gasteiger partial charge is 0.338 e. The summed E-state index contributed by atoms with van der Waals surface area (Å²) < 4.78 is 41.9. The van der Waals surface area contributed by atoms with E-state index >= 15 is 0 Å². The van der Waals surface area contributed by atoms with Crippen molar-refractivity contribution in [2.24, 2.45) is 0 Å². The molecule has 0 bridgehead atoms. The fraction of sp³-hybridized carbons (Fsp3) is 0.300. The molecule has 1 aromatic rings. The summed E-state index contributed by atoms with van der Waals surface area (Å²) >= 11 is 0. The van der Waals surface area contributed by atoms with Gasteiger partial charge in [0.05, 0.1) is 17.7 Å². The van der Waals surface area contributed by atoms with Gasteiger partial charge < -0.3 is 4.74 Å². The van der Waals surface area contributed by atoms with Crippen LogP contribution in [0.3, 0.4) is 0 Å². The lowest BCUT2D eigenvalue weighted by Gasteiger charge is -2.04. The van der Waals surface area contributed by atoms with Crippen LogP contribution in [-0.4, -0.2) is 12.6 Å². The molecule has 0 aliphatic carbocycles. The predicted molar refractivity (Wildman–Crippen MR) is 47.3 cm³/mol. The molecule has 15 heavy (non-hydrogen) atoms. The predicted octanol–water partition coefficient (Wildman–Crippen LogP) is 2.94. The molecule has 0 saturated carbocycles. The van der Waals surface area contributed by atoms with Gasteiger partial charge in [0.1, 0.15) is 5.82 Å². The van der Waals surface area contributed by atoms with Crippen molar-refractivity contribution in [1.29, 1.82) is 0 Å². The molecule has 0 atom stereocenters. The van der Waals surface area contributed by atoms with E-state index in [0.29, 0.717) is 0 Å². The van der Waals surface area contributed by atoms with E-state index in [4.69, 9.17) is 0 Å². The van der Waals surface area contributed by atoms with Crippen LogP contribution in [0, 0.1) is 5.82 Å². The Bertz CT molecular complexity index is 364. The summed E-state index contributed by atoms with van der Waals surface area (Å²) in [4.78, 5) is 11.1. The third kappa shape index (κ3) is 2.71. The summed E-state index contributed by atoms with van der Waals surface area (Å²) in [6, 6.07) is 2.74. The third-order valence-electron chi connectivity index (χ3n) is 1.75. The van der Waals surface area contributed by atoms with Crippen molar-refractivity contribution < 1.29 is 22.7 Å². The van der Waals surface area contributed by atoms with E-state index < -0.39 is 23.8 Å². The Morgan fingerprint density at radius 3 is 2.60 bits per heavy atom. The van der Waals surface area contributed by atoms with Crippen LogP contribution in [0.2, 0.25) is 0 Å². The van der Waals surface area contributed by atoms with Gasteiger partial charge >= 0.3 is 5.97 Å². The second-order valence-electron chi connectivity index (χ2n) is 2.76. The Hall–Kier alpha value is -1.52. The number of hydrogen-bond acceptors (Lipinski definition) is 2. The van der Waals surface area contributed by atoms with Gasteiger partial charge in [0.15, 0.2) is 0 Å². The molecule has 1 rings (SSSR count). The van der Waals surface area contributed by atoms with Crippen molar-refractivity contribution >= 4 is 5.97 Å². The van der Waals surface area contributed by atoms with Crippen molar-refractivity contribution in [3.8, 4) is 0 Å². The van der Waals surface area contributed by atoms with E-state index in [1.54, 1.807) is 6.92 Å². The summed E-state index contributed by atoms with van der Waals surface area (Å²) in [7, 11) is 0. The van der Waals surface area contributed by atoms with Crippen LogP contribution in [0.1, 0.15) is 29.3 Å². The van der Waals surface area contributed by atoms with Gasteiger partial charge in [-0.05, 0) is 25.1 Å². The van der Waals surface area contributed by atoms with E-state index in [-0.39, 0.29) is 12.2 Å². The topological polar surface area (TPSA) is 26.3 Å². The molecule has 0 saturated heterocycles. The summed E-state index contributed by atoms with van der Waals surface area (Å²) in [6.45, 7) is 1.75. The lowest BCUT2D eigenvalue weighted by molar-refractivity contribution is 0.0525. The van der Waals surface area contributed by atoms with Crippen molar-refractivity contribution in [3.05, 3.63) is 35.1 Å². The standard InChI is InChI=1S/C10H9F3O2/c1-2-15-10(14)6-3-4-7(9(12)13)8(11)5-6/h3-5,9H,2H2,1H3. The molecule has 0 spiro atoms. The SMILES string of the molecule is CCOC(=O)c1ccc(C(F)F)c(F)c1. The Labute approximate surface area is 84.7 Å². The minimum atomic E-state index is -2.89. The zero-order valence-corrected chi connectivity index (χ0v) is 7.97. The van der Waals surface area contributed by atoms with Crippen molar-refractivity contribution in [1.82, 2.24) is 0 Å². The molecule has 5 heteroatoms. The summed E-state index contributed by atoms with van der Waals surface area (Å²) in [5.74, 6) is -1.83. The fourth-order valence-corrected chi connectivity index (χ4v) is 1.05. The van der Waals surface area contributed by atoms with Crippen LogP contribution >= 0.6 is 0 Å². The number of alkyl halides is 2. The van der Waals surface area contributed by atoms with Gasteiger partial charge in [-0.1, -0.05) is 0 Å². The molecule has 0 heterocycles. The van der Waals surface area contributed by atoms with E-state index in [1.165, 1.54) is 0 Å². The first-order valence-corrected chi connectivity index (χ1v) is 4.31. The van der Waals surface area contributed by atoms with Crippen LogP contribution < -0.4 is 0 Å². The maximum atomic E-state index is 13.0. The second-order valence-corrected chi connectivity index (χ2v) is 2.76. The Balaban J connectivity index is 2.96. The van der Waals surface area contributed by atoms with E-state index in [9.17, 15) is 18.0 Å². The van der Waals surface area contributed by atoms with Gasteiger partial charge in [0.25, 0.3) is 6.43 Å².